The van der Waals surface area contributed by atoms with Gasteiger partial charge in [-0.1, -0.05) is 24.3 Å². The van der Waals surface area contributed by atoms with Crippen LogP contribution in [-0.4, -0.2) is 24.7 Å². The van der Waals surface area contributed by atoms with Crippen molar-refractivity contribution < 1.29 is 27.2 Å². The van der Waals surface area contributed by atoms with Crippen LogP contribution in [0.25, 0.3) is 0 Å². The van der Waals surface area contributed by atoms with E-state index in [4.69, 9.17) is 0 Å². The quantitative estimate of drug-likeness (QED) is 0.670. The summed E-state index contributed by atoms with van der Waals surface area (Å²) in [4.78, 5) is 23.3. The average molecular weight is 383 g/mol. The first-order valence-electron chi connectivity index (χ1n) is 7.93. The molecular weight excluding hydrogens is 366 g/mol. The van der Waals surface area contributed by atoms with E-state index in [1.165, 1.54) is 36.4 Å². The molecule has 0 aromatic heterocycles. The molecule has 0 saturated heterocycles. The molecule has 0 heterocycles. The SMILES string of the molecule is O=C(Cc1ccc(NC(=O)NCc2ccc(F)cc2)cc1)NCC(F)(F)F. The van der Waals surface area contributed by atoms with Gasteiger partial charge in [0.1, 0.15) is 12.4 Å². The van der Waals surface area contributed by atoms with Gasteiger partial charge in [0.2, 0.25) is 5.91 Å². The van der Waals surface area contributed by atoms with Gasteiger partial charge in [-0.2, -0.15) is 13.2 Å². The van der Waals surface area contributed by atoms with Crippen molar-refractivity contribution in [3.05, 3.63) is 65.5 Å². The number of rotatable bonds is 6. The number of halogens is 4. The molecule has 0 saturated carbocycles. The van der Waals surface area contributed by atoms with Crippen molar-refractivity contribution >= 4 is 17.6 Å². The van der Waals surface area contributed by atoms with Crippen molar-refractivity contribution in [1.82, 2.24) is 10.6 Å². The number of nitrogens with one attached hydrogen (secondary N) is 3. The topological polar surface area (TPSA) is 70.2 Å². The Labute approximate surface area is 152 Å². The van der Waals surface area contributed by atoms with Crippen LogP contribution in [0.4, 0.5) is 28.0 Å². The van der Waals surface area contributed by atoms with Crippen molar-refractivity contribution in [3.8, 4) is 0 Å². The number of alkyl halides is 3. The smallest absolute Gasteiger partial charge is 0.347 e. The van der Waals surface area contributed by atoms with E-state index >= 15 is 0 Å². The number of urea groups is 1. The lowest BCUT2D eigenvalue weighted by atomic mass is 10.1. The zero-order chi connectivity index (χ0) is 19.9. The molecule has 0 spiro atoms. The number of benzene rings is 2. The average Bonchev–Trinajstić information content (AvgIpc) is 2.61. The summed E-state index contributed by atoms with van der Waals surface area (Å²) in [6, 6.07) is 11.3. The van der Waals surface area contributed by atoms with E-state index in [0.29, 0.717) is 11.3 Å². The van der Waals surface area contributed by atoms with Crippen LogP contribution in [-0.2, 0) is 17.8 Å². The summed E-state index contributed by atoms with van der Waals surface area (Å²) in [6.07, 6.45) is -4.65. The highest BCUT2D eigenvalue weighted by atomic mass is 19.4. The molecule has 0 atom stereocenters. The van der Waals surface area contributed by atoms with E-state index in [-0.39, 0.29) is 18.8 Å². The lowest BCUT2D eigenvalue weighted by Gasteiger charge is -2.10. The maximum Gasteiger partial charge on any atom is 0.405 e. The standard InChI is InChI=1S/C18H17F4N3O2/c19-14-5-1-13(2-6-14)10-23-17(27)25-15-7-3-12(4-8-15)9-16(26)24-11-18(20,21)22/h1-8H,9-11H2,(H,24,26)(H2,23,25,27). The van der Waals surface area contributed by atoms with Crippen molar-refractivity contribution in [1.29, 1.82) is 0 Å². The van der Waals surface area contributed by atoms with Gasteiger partial charge in [0, 0.05) is 12.2 Å². The van der Waals surface area contributed by atoms with Gasteiger partial charge < -0.3 is 16.0 Å². The maximum atomic E-state index is 12.8. The summed E-state index contributed by atoms with van der Waals surface area (Å²) in [5.41, 5.74) is 1.68. The van der Waals surface area contributed by atoms with Crippen molar-refractivity contribution in [3.63, 3.8) is 0 Å². The van der Waals surface area contributed by atoms with Gasteiger partial charge in [-0.25, -0.2) is 9.18 Å². The lowest BCUT2D eigenvalue weighted by molar-refractivity contribution is -0.138. The van der Waals surface area contributed by atoms with E-state index in [0.717, 1.165) is 5.56 Å². The first-order chi connectivity index (χ1) is 12.7. The zero-order valence-corrected chi connectivity index (χ0v) is 14.1. The van der Waals surface area contributed by atoms with E-state index < -0.39 is 24.7 Å². The summed E-state index contributed by atoms with van der Waals surface area (Å²) >= 11 is 0. The van der Waals surface area contributed by atoms with Gasteiger partial charge in [-0.05, 0) is 35.4 Å². The maximum absolute atomic E-state index is 12.8. The highest BCUT2D eigenvalue weighted by Gasteiger charge is 2.27. The van der Waals surface area contributed by atoms with Crippen LogP contribution in [0.3, 0.4) is 0 Å². The first-order valence-corrected chi connectivity index (χ1v) is 7.93. The van der Waals surface area contributed by atoms with E-state index in [2.05, 4.69) is 10.6 Å². The van der Waals surface area contributed by atoms with Crippen LogP contribution in [0, 0.1) is 5.82 Å². The monoisotopic (exact) mass is 383 g/mol. The molecule has 0 bridgehead atoms. The van der Waals surface area contributed by atoms with E-state index in [1.54, 1.807) is 17.4 Å². The van der Waals surface area contributed by atoms with Crippen molar-refractivity contribution in [2.75, 3.05) is 11.9 Å². The third-order valence-electron chi connectivity index (χ3n) is 3.43. The molecule has 0 aliphatic rings. The number of hydrogen-bond donors (Lipinski definition) is 3. The van der Waals surface area contributed by atoms with Gasteiger partial charge in [0.15, 0.2) is 0 Å². The fraction of sp³-hybridized carbons (Fsp3) is 0.222. The molecule has 144 valence electrons. The highest BCUT2D eigenvalue weighted by Crippen LogP contribution is 2.13. The molecule has 2 rings (SSSR count). The van der Waals surface area contributed by atoms with Gasteiger partial charge >= 0.3 is 12.2 Å². The molecule has 3 N–H and O–H groups in total. The molecule has 2 aromatic rings. The van der Waals surface area contributed by atoms with Gasteiger partial charge in [0.05, 0.1) is 6.42 Å². The lowest BCUT2D eigenvalue weighted by Crippen LogP contribution is -2.34. The number of hydrogen-bond acceptors (Lipinski definition) is 2. The Morgan fingerprint density at radius 3 is 2.04 bits per heavy atom. The molecule has 0 fully saturated rings. The summed E-state index contributed by atoms with van der Waals surface area (Å²) < 4.78 is 48.9. The van der Waals surface area contributed by atoms with E-state index in [1.807, 2.05) is 0 Å². The Balaban J connectivity index is 1.78. The van der Waals surface area contributed by atoms with Crippen LogP contribution in [0.2, 0.25) is 0 Å². The van der Waals surface area contributed by atoms with Crippen molar-refractivity contribution in [2.45, 2.75) is 19.1 Å². The van der Waals surface area contributed by atoms with Crippen LogP contribution >= 0.6 is 0 Å². The second kappa shape index (κ2) is 9.02. The second-order valence-corrected chi connectivity index (χ2v) is 5.70. The summed E-state index contributed by atoms with van der Waals surface area (Å²) in [6.45, 7) is -1.16. The largest absolute Gasteiger partial charge is 0.405 e. The number of anilines is 1. The normalized spacial score (nSPS) is 11.0. The fourth-order valence-electron chi connectivity index (χ4n) is 2.11. The molecular formula is C18H17F4N3O2. The molecule has 0 aliphatic heterocycles. The third kappa shape index (κ3) is 7.76. The summed E-state index contributed by atoms with van der Waals surface area (Å²) in [7, 11) is 0. The fourth-order valence-corrected chi connectivity index (χ4v) is 2.11. The van der Waals surface area contributed by atoms with Crippen LogP contribution in [0.1, 0.15) is 11.1 Å². The summed E-state index contributed by atoms with van der Waals surface area (Å²) in [5, 5.41) is 6.96. The Hall–Kier alpha value is -3.10. The second-order valence-electron chi connectivity index (χ2n) is 5.70. The van der Waals surface area contributed by atoms with Crippen LogP contribution in [0.15, 0.2) is 48.5 Å². The first kappa shape index (κ1) is 20.2. The molecule has 9 heteroatoms. The molecule has 0 aliphatic carbocycles. The Kier molecular flexibility index (Phi) is 6.75. The Morgan fingerprint density at radius 2 is 1.44 bits per heavy atom. The molecule has 5 nitrogen and oxygen atoms in total. The van der Waals surface area contributed by atoms with Gasteiger partial charge in [-0.3, -0.25) is 4.79 Å². The zero-order valence-electron chi connectivity index (χ0n) is 14.1. The minimum absolute atomic E-state index is 0.201. The number of amides is 3. The minimum atomic E-state index is -4.45. The number of carbonyl (C=O) groups is 2. The Morgan fingerprint density at radius 1 is 0.852 bits per heavy atom. The minimum Gasteiger partial charge on any atom is -0.347 e. The molecule has 0 unspecified atom stereocenters. The summed E-state index contributed by atoms with van der Waals surface area (Å²) in [5.74, 6) is -1.11. The van der Waals surface area contributed by atoms with Gasteiger partial charge in [-0.15, -0.1) is 0 Å². The van der Waals surface area contributed by atoms with Crippen LogP contribution < -0.4 is 16.0 Å². The van der Waals surface area contributed by atoms with Gasteiger partial charge in [0.25, 0.3) is 0 Å². The highest BCUT2D eigenvalue weighted by molar-refractivity contribution is 5.89. The third-order valence-corrected chi connectivity index (χ3v) is 3.43. The van der Waals surface area contributed by atoms with E-state index in [9.17, 15) is 27.2 Å². The predicted molar refractivity (Wildman–Crippen MR) is 91.5 cm³/mol. The molecule has 3 amide bonds. The van der Waals surface area contributed by atoms with Crippen molar-refractivity contribution in [2.24, 2.45) is 0 Å². The van der Waals surface area contributed by atoms with Crippen LogP contribution in [0.5, 0.6) is 0 Å². The molecule has 2 aromatic carbocycles. The predicted octanol–water partition coefficient (Wildman–Crippen LogP) is 3.37. The Bertz CT molecular complexity index is 775. The molecule has 27 heavy (non-hydrogen) atoms. The molecule has 0 radical (unpaired) electrons. The number of carbonyl (C=O) groups excluding carboxylic acids is 2.